The summed E-state index contributed by atoms with van der Waals surface area (Å²) in [5.74, 6) is 0. The Morgan fingerprint density at radius 1 is 1.30 bits per heavy atom. The molecule has 0 bridgehead atoms. The molecule has 1 nitrogen and oxygen atoms in total. The third-order valence-electron chi connectivity index (χ3n) is 1.71. The predicted molar refractivity (Wildman–Crippen MR) is 40.7 cm³/mol. The van der Waals surface area contributed by atoms with Crippen LogP contribution in [0.1, 0.15) is 16.7 Å². The molecule has 10 heavy (non-hydrogen) atoms. The van der Waals surface area contributed by atoms with Gasteiger partial charge in [0.15, 0.2) is 0 Å². The highest BCUT2D eigenvalue weighted by atomic mass is 16.3. The molecular weight excluding hydrogens is 124 g/mol. The van der Waals surface area contributed by atoms with Crippen molar-refractivity contribution < 1.29 is 5.11 Å². The van der Waals surface area contributed by atoms with Gasteiger partial charge in [0.1, 0.15) is 0 Å². The van der Waals surface area contributed by atoms with E-state index in [1.165, 1.54) is 0 Å². The lowest BCUT2D eigenvalue weighted by molar-refractivity contribution is 0.280. The van der Waals surface area contributed by atoms with Crippen molar-refractivity contribution in [3.05, 3.63) is 34.9 Å². The van der Waals surface area contributed by atoms with Gasteiger partial charge in [-0.25, -0.2) is 0 Å². The molecule has 0 amide bonds. The van der Waals surface area contributed by atoms with E-state index < -0.39 is 0 Å². The van der Waals surface area contributed by atoms with Crippen molar-refractivity contribution in [3.63, 3.8) is 0 Å². The summed E-state index contributed by atoms with van der Waals surface area (Å²) in [5.41, 5.74) is 3.25. The van der Waals surface area contributed by atoms with Gasteiger partial charge in [-0.05, 0) is 36.6 Å². The van der Waals surface area contributed by atoms with Crippen LogP contribution in [0.25, 0.3) is 0 Å². The van der Waals surface area contributed by atoms with E-state index in [0.717, 1.165) is 16.7 Å². The summed E-state index contributed by atoms with van der Waals surface area (Å²) in [7, 11) is 0. The zero-order valence-electron chi connectivity index (χ0n) is 6.31. The van der Waals surface area contributed by atoms with Crippen LogP contribution < -0.4 is 0 Å². The smallest absolute Gasteiger partial charge is 0.0686 e. The fraction of sp³-hybridized carbons (Fsp3) is 0.333. The first-order chi connectivity index (χ1) is 4.75. The summed E-state index contributed by atoms with van der Waals surface area (Å²) < 4.78 is 0. The monoisotopic (exact) mass is 135 g/mol. The van der Waals surface area contributed by atoms with E-state index in [0.29, 0.717) is 0 Å². The molecule has 0 spiro atoms. The normalized spacial score (nSPS) is 9.90. The van der Waals surface area contributed by atoms with Crippen LogP contribution in [-0.4, -0.2) is 5.11 Å². The standard InChI is InChI=1S/C9H11O/c1-7-4-3-5-8(2)9(7)6-10/h4-5,10H,6H2,1-2H3. The molecule has 0 unspecified atom stereocenters. The summed E-state index contributed by atoms with van der Waals surface area (Å²) in [6.07, 6.45) is 0. The Labute approximate surface area is 61.3 Å². The van der Waals surface area contributed by atoms with Gasteiger partial charge in [-0.3, -0.25) is 0 Å². The van der Waals surface area contributed by atoms with Gasteiger partial charge in [-0.1, -0.05) is 12.1 Å². The molecule has 0 aromatic heterocycles. The topological polar surface area (TPSA) is 20.2 Å². The second-order valence-corrected chi connectivity index (χ2v) is 2.46. The fourth-order valence-corrected chi connectivity index (χ4v) is 1.03. The number of aliphatic hydroxyl groups is 1. The highest BCUT2D eigenvalue weighted by Gasteiger charge is 1.97. The van der Waals surface area contributed by atoms with Crippen LogP contribution in [0.15, 0.2) is 12.1 Å². The molecule has 0 atom stereocenters. The SMILES string of the molecule is Cc1c[c]cc(C)c1CO. The molecule has 0 heterocycles. The van der Waals surface area contributed by atoms with Crippen LogP contribution in [0.4, 0.5) is 0 Å². The lowest BCUT2D eigenvalue weighted by Crippen LogP contribution is -1.91. The quantitative estimate of drug-likeness (QED) is 0.620. The number of hydrogen-bond donors (Lipinski definition) is 1. The van der Waals surface area contributed by atoms with Crippen LogP contribution in [-0.2, 0) is 6.61 Å². The van der Waals surface area contributed by atoms with E-state index >= 15 is 0 Å². The van der Waals surface area contributed by atoms with E-state index in [2.05, 4.69) is 6.07 Å². The Balaban J connectivity index is 3.17. The van der Waals surface area contributed by atoms with Crippen molar-refractivity contribution in [1.29, 1.82) is 0 Å². The van der Waals surface area contributed by atoms with Gasteiger partial charge in [0.25, 0.3) is 0 Å². The van der Waals surface area contributed by atoms with Crippen LogP contribution in [0, 0.1) is 19.9 Å². The Hall–Kier alpha value is -0.820. The minimum absolute atomic E-state index is 0.131. The Morgan fingerprint density at radius 3 is 2.10 bits per heavy atom. The third-order valence-corrected chi connectivity index (χ3v) is 1.71. The zero-order valence-corrected chi connectivity index (χ0v) is 6.31. The molecule has 0 saturated carbocycles. The van der Waals surface area contributed by atoms with E-state index in [4.69, 9.17) is 5.11 Å². The molecule has 0 fully saturated rings. The molecule has 1 N–H and O–H groups in total. The van der Waals surface area contributed by atoms with Crippen molar-refractivity contribution in [2.24, 2.45) is 0 Å². The van der Waals surface area contributed by atoms with Gasteiger partial charge in [0.2, 0.25) is 0 Å². The number of hydrogen-bond acceptors (Lipinski definition) is 1. The van der Waals surface area contributed by atoms with E-state index in [-0.39, 0.29) is 6.61 Å². The molecule has 1 radical (unpaired) electrons. The van der Waals surface area contributed by atoms with Crippen LogP contribution in [0.2, 0.25) is 0 Å². The molecular formula is C9H11O. The van der Waals surface area contributed by atoms with Crippen molar-refractivity contribution in [1.82, 2.24) is 0 Å². The first-order valence-corrected chi connectivity index (χ1v) is 3.32. The van der Waals surface area contributed by atoms with Gasteiger partial charge in [-0.2, -0.15) is 0 Å². The van der Waals surface area contributed by atoms with Crippen molar-refractivity contribution in [2.75, 3.05) is 0 Å². The summed E-state index contributed by atoms with van der Waals surface area (Å²) >= 11 is 0. The molecule has 0 aliphatic heterocycles. The summed E-state index contributed by atoms with van der Waals surface area (Å²) in [6.45, 7) is 4.09. The van der Waals surface area contributed by atoms with E-state index in [1.54, 1.807) is 0 Å². The molecule has 0 aliphatic carbocycles. The average molecular weight is 135 g/mol. The second-order valence-electron chi connectivity index (χ2n) is 2.46. The lowest BCUT2D eigenvalue weighted by Gasteiger charge is -2.03. The first-order valence-electron chi connectivity index (χ1n) is 3.32. The summed E-state index contributed by atoms with van der Waals surface area (Å²) in [5, 5.41) is 8.89. The Bertz CT molecular complexity index is 208. The largest absolute Gasteiger partial charge is 0.392 e. The maximum absolute atomic E-state index is 8.89. The maximum atomic E-state index is 8.89. The number of benzene rings is 1. The summed E-state index contributed by atoms with van der Waals surface area (Å²) in [4.78, 5) is 0. The van der Waals surface area contributed by atoms with Crippen LogP contribution in [0.5, 0.6) is 0 Å². The Kier molecular flexibility index (Phi) is 2.07. The lowest BCUT2D eigenvalue weighted by atomic mass is 10.0. The molecule has 1 aromatic carbocycles. The van der Waals surface area contributed by atoms with Gasteiger partial charge in [0, 0.05) is 0 Å². The third kappa shape index (κ3) is 1.19. The van der Waals surface area contributed by atoms with E-state index in [1.807, 2.05) is 26.0 Å². The number of aryl methyl sites for hydroxylation is 2. The average Bonchev–Trinajstić information content (AvgIpc) is 1.88. The second kappa shape index (κ2) is 2.84. The van der Waals surface area contributed by atoms with Crippen molar-refractivity contribution in [2.45, 2.75) is 20.5 Å². The highest BCUT2D eigenvalue weighted by Crippen LogP contribution is 2.11. The van der Waals surface area contributed by atoms with Crippen LogP contribution in [0.3, 0.4) is 0 Å². The minimum atomic E-state index is 0.131. The van der Waals surface area contributed by atoms with Gasteiger partial charge >= 0.3 is 0 Å². The van der Waals surface area contributed by atoms with Gasteiger partial charge < -0.3 is 5.11 Å². The van der Waals surface area contributed by atoms with Crippen molar-refractivity contribution >= 4 is 0 Å². The first kappa shape index (κ1) is 7.29. The van der Waals surface area contributed by atoms with E-state index in [9.17, 15) is 0 Å². The molecule has 53 valence electrons. The minimum Gasteiger partial charge on any atom is -0.392 e. The van der Waals surface area contributed by atoms with Crippen LogP contribution >= 0.6 is 0 Å². The maximum Gasteiger partial charge on any atom is 0.0686 e. The molecule has 1 heteroatoms. The predicted octanol–water partition coefficient (Wildman–Crippen LogP) is 1.60. The van der Waals surface area contributed by atoms with Crippen molar-refractivity contribution in [3.8, 4) is 0 Å². The summed E-state index contributed by atoms with van der Waals surface area (Å²) in [6, 6.07) is 6.77. The fourth-order valence-electron chi connectivity index (χ4n) is 1.03. The Morgan fingerprint density at radius 2 is 1.80 bits per heavy atom. The molecule has 0 aliphatic rings. The number of rotatable bonds is 1. The molecule has 0 saturated heterocycles. The van der Waals surface area contributed by atoms with Gasteiger partial charge in [-0.15, -0.1) is 0 Å². The van der Waals surface area contributed by atoms with Gasteiger partial charge in [0.05, 0.1) is 6.61 Å². The highest BCUT2D eigenvalue weighted by molar-refractivity contribution is 5.31. The zero-order chi connectivity index (χ0) is 7.56. The molecule has 1 aromatic rings. The molecule has 1 rings (SSSR count). The number of aliphatic hydroxyl groups excluding tert-OH is 1.